The maximum atomic E-state index is 12.6. The van der Waals surface area contributed by atoms with E-state index in [0.717, 1.165) is 25.0 Å². The molecule has 9 nitrogen and oxygen atoms in total. The van der Waals surface area contributed by atoms with Crippen molar-refractivity contribution < 1.29 is 24.0 Å². The normalized spacial score (nSPS) is 10.5. The molecule has 0 spiro atoms. The monoisotopic (exact) mass is 449 g/mol. The Kier molecular flexibility index (Phi) is 6.04. The predicted molar refractivity (Wildman–Crippen MR) is 108 cm³/mol. The molecule has 3 aromatic rings. The molecule has 0 fully saturated rings. The highest BCUT2D eigenvalue weighted by Gasteiger charge is 2.35. The number of carbonyl (C=O) groups excluding carboxylic acids is 2. The summed E-state index contributed by atoms with van der Waals surface area (Å²) in [5.41, 5.74) is -1.16. The van der Waals surface area contributed by atoms with Crippen molar-refractivity contribution in [3.63, 3.8) is 0 Å². The van der Waals surface area contributed by atoms with Gasteiger partial charge in [0.25, 0.3) is 5.69 Å². The summed E-state index contributed by atoms with van der Waals surface area (Å²) in [5.74, 6) is -1.86. The molecule has 0 saturated heterocycles. The van der Waals surface area contributed by atoms with Gasteiger partial charge in [0.1, 0.15) is 16.8 Å². The summed E-state index contributed by atoms with van der Waals surface area (Å²) >= 11 is 12.3. The number of benzene rings is 2. The van der Waals surface area contributed by atoms with E-state index in [1.807, 2.05) is 0 Å². The highest BCUT2D eigenvalue weighted by Crippen LogP contribution is 2.42. The Morgan fingerprint density at radius 3 is 2.23 bits per heavy atom. The fourth-order valence-corrected chi connectivity index (χ4v) is 3.25. The van der Waals surface area contributed by atoms with Crippen molar-refractivity contribution in [2.24, 2.45) is 0 Å². The number of rotatable bonds is 5. The predicted octanol–water partition coefficient (Wildman–Crippen LogP) is 4.33. The van der Waals surface area contributed by atoms with Gasteiger partial charge in [-0.3, -0.25) is 10.1 Å². The number of ether oxygens (including phenoxy) is 2. The number of methoxy groups -OCH3 is 2. The maximum Gasteiger partial charge on any atom is 0.357 e. The number of carbonyl (C=O) groups is 2. The van der Waals surface area contributed by atoms with Crippen LogP contribution < -0.4 is 0 Å². The number of para-hydroxylation sites is 1. The van der Waals surface area contributed by atoms with Gasteiger partial charge >= 0.3 is 11.9 Å². The Hall–Kier alpha value is -3.43. The molecule has 0 radical (unpaired) electrons. The molecule has 0 saturated carbocycles. The van der Waals surface area contributed by atoms with Crippen molar-refractivity contribution in [2.45, 2.75) is 0 Å². The molecule has 1 aromatic heterocycles. The molecule has 0 N–H and O–H groups in total. The average molecular weight is 450 g/mol. The first-order chi connectivity index (χ1) is 14.3. The van der Waals surface area contributed by atoms with Gasteiger partial charge in [0.2, 0.25) is 0 Å². The van der Waals surface area contributed by atoms with E-state index in [4.69, 9.17) is 32.7 Å². The van der Waals surface area contributed by atoms with Crippen molar-refractivity contribution in [1.29, 1.82) is 0 Å². The molecule has 30 heavy (non-hydrogen) atoms. The summed E-state index contributed by atoms with van der Waals surface area (Å²) < 4.78 is 10.8. The van der Waals surface area contributed by atoms with Crippen LogP contribution in [0.25, 0.3) is 16.9 Å². The molecule has 0 amide bonds. The molecular formula is C19H13Cl2N3O6. The summed E-state index contributed by atoms with van der Waals surface area (Å²) in [7, 11) is 2.22. The second-order valence-corrected chi connectivity index (χ2v) is 6.60. The van der Waals surface area contributed by atoms with Crippen LogP contribution >= 0.6 is 23.2 Å². The van der Waals surface area contributed by atoms with Crippen molar-refractivity contribution in [2.75, 3.05) is 14.2 Å². The van der Waals surface area contributed by atoms with Crippen LogP contribution in [0.4, 0.5) is 5.69 Å². The zero-order valence-electron chi connectivity index (χ0n) is 15.6. The van der Waals surface area contributed by atoms with E-state index < -0.39 is 22.5 Å². The Bertz CT molecular complexity index is 1160. The van der Waals surface area contributed by atoms with E-state index in [2.05, 4.69) is 5.10 Å². The molecule has 154 valence electrons. The number of esters is 2. The van der Waals surface area contributed by atoms with Crippen molar-refractivity contribution in [1.82, 2.24) is 9.78 Å². The van der Waals surface area contributed by atoms with Gasteiger partial charge in [0, 0.05) is 6.07 Å². The second-order valence-electron chi connectivity index (χ2n) is 5.82. The quantitative estimate of drug-likeness (QED) is 0.323. The third-order valence-corrected chi connectivity index (χ3v) is 4.97. The van der Waals surface area contributed by atoms with Gasteiger partial charge in [0.15, 0.2) is 5.69 Å². The standard InChI is InChI=1S/C19H13Cl2N3O6/c1-29-18(25)14-16(13-12(24(27)28)9-8-11(20)15(13)21)22-23(17(14)19(26)30-2)10-6-4-3-5-7-10/h3-9H,1-2H3. The number of nitrogens with zero attached hydrogens (tertiary/aromatic N) is 3. The van der Waals surface area contributed by atoms with E-state index in [1.54, 1.807) is 30.3 Å². The smallest absolute Gasteiger partial charge is 0.357 e. The number of nitro groups is 1. The van der Waals surface area contributed by atoms with E-state index in [-0.39, 0.29) is 32.6 Å². The van der Waals surface area contributed by atoms with Crippen molar-refractivity contribution in [3.05, 3.63) is 73.9 Å². The number of aromatic nitrogens is 2. The third kappa shape index (κ3) is 3.60. The van der Waals surface area contributed by atoms with Gasteiger partial charge in [-0.2, -0.15) is 5.10 Å². The molecule has 0 atom stereocenters. The first kappa shape index (κ1) is 21.3. The molecule has 11 heteroatoms. The number of nitro benzene ring substituents is 1. The van der Waals surface area contributed by atoms with Crippen LogP contribution in [-0.2, 0) is 9.47 Å². The molecule has 0 unspecified atom stereocenters. The lowest BCUT2D eigenvalue weighted by Crippen LogP contribution is -2.15. The Morgan fingerprint density at radius 2 is 1.67 bits per heavy atom. The number of hydrogen-bond donors (Lipinski definition) is 0. The molecule has 0 aliphatic rings. The fraction of sp³-hybridized carbons (Fsp3) is 0.105. The topological polar surface area (TPSA) is 114 Å². The van der Waals surface area contributed by atoms with Crippen LogP contribution in [0.1, 0.15) is 20.8 Å². The summed E-state index contributed by atoms with van der Waals surface area (Å²) in [4.78, 5) is 36.1. The lowest BCUT2D eigenvalue weighted by Gasteiger charge is -2.07. The Morgan fingerprint density at radius 1 is 1.03 bits per heavy atom. The van der Waals surface area contributed by atoms with Gasteiger partial charge in [0.05, 0.1) is 34.9 Å². The SMILES string of the molecule is COC(=O)c1c(-c2c([N+](=O)[O-])ccc(Cl)c2Cl)nn(-c2ccccc2)c1C(=O)OC. The zero-order valence-corrected chi connectivity index (χ0v) is 17.1. The highest BCUT2D eigenvalue weighted by molar-refractivity contribution is 6.44. The van der Waals surface area contributed by atoms with Gasteiger partial charge < -0.3 is 9.47 Å². The zero-order chi connectivity index (χ0) is 22.0. The van der Waals surface area contributed by atoms with Crippen LogP contribution in [0.5, 0.6) is 0 Å². The minimum Gasteiger partial charge on any atom is -0.465 e. The van der Waals surface area contributed by atoms with Crippen LogP contribution in [-0.4, -0.2) is 40.9 Å². The molecule has 2 aromatic carbocycles. The van der Waals surface area contributed by atoms with Crippen molar-refractivity contribution in [3.8, 4) is 16.9 Å². The van der Waals surface area contributed by atoms with Crippen LogP contribution in [0.2, 0.25) is 10.0 Å². The van der Waals surface area contributed by atoms with Crippen LogP contribution in [0.3, 0.4) is 0 Å². The van der Waals surface area contributed by atoms with Crippen LogP contribution in [0.15, 0.2) is 42.5 Å². The summed E-state index contributed by atoms with van der Waals surface area (Å²) in [6.45, 7) is 0. The minimum absolute atomic E-state index is 0.00182. The summed E-state index contributed by atoms with van der Waals surface area (Å²) in [5, 5.41) is 15.7. The minimum atomic E-state index is -0.960. The van der Waals surface area contributed by atoms with E-state index in [1.165, 1.54) is 6.07 Å². The molecule has 3 rings (SSSR count). The largest absolute Gasteiger partial charge is 0.465 e. The molecule has 0 aliphatic carbocycles. The Labute approximate surface area is 179 Å². The number of halogens is 2. The third-order valence-electron chi connectivity index (χ3n) is 4.16. The maximum absolute atomic E-state index is 12.6. The lowest BCUT2D eigenvalue weighted by molar-refractivity contribution is -0.384. The molecule has 0 bridgehead atoms. The van der Waals surface area contributed by atoms with Gasteiger partial charge in [-0.05, 0) is 18.2 Å². The highest BCUT2D eigenvalue weighted by atomic mass is 35.5. The summed E-state index contributed by atoms with van der Waals surface area (Å²) in [6.07, 6.45) is 0. The fourth-order valence-electron chi connectivity index (χ4n) is 2.85. The van der Waals surface area contributed by atoms with Gasteiger partial charge in [-0.25, -0.2) is 14.3 Å². The summed E-state index contributed by atoms with van der Waals surface area (Å²) in [6, 6.07) is 10.7. The molecule has 0 aliphatic heterocycles. The van der Waals surface area contributed by atoms with Gasteiger partial charge in [-0.15, -0.1) is 0 Å². The lowest BCUT2D eigenvalue weighted by atomic mass is 10.0. The average Bonchev–Trinajstić information content (AvgIpc) is 3.15. The van der Waals surface area contributed by atoms with Crippen LogP contribution in [0, 0.1) is 10.1 Å². The van der Waals surface area contributed by atoms with E-state index in [0.29, 0.717) is 5.69 Å². The van der Waals surface area contributed by atoms with E-state index >= 15 is 0 Å². The second kappa shape index (κ2) is 8.52. The van der Waals surface area contributed by atoms with Gasteiger partial charge in [-0.1, -0.05) is 41.4 Å². The number of hydrogen-bond acceptors (Lipinski definition) is 7. The molecular weight excluding hydrogens is 437 g/mol. The Balaban J connectivity index is 2.50. The van der Waals surface area contributed by atoms with Crippen molar-refractivity contribution >= 4 is 40.8 Å². The first-order valence-electron chi connectivity index (χ1n) is 8.29. The first-order valence-corrected chi connectivity index (χ1v) is 9.05. The molecule has 1 heterocycles. The van der Waals surface area contributed by atoms with E-state index in [9.17, 15) is 19.7 Å².